The molecule has 0 saturated carbocycles. The fourth-order valence-electron chi connectivity index (χ4n) is 3.08. The fourth-order valence-corrected chi connectivity index (χ4v) is 4.13. The molecule has 0 bridgehead atoms. The van der Waals surface area contributed by atoms with Crippen LogP contribution in [-0.2, 0) is 9.59 Å². The number of methoxy groups -OCH3 is 1. The first-order chi connectivity index (χ1) is 14.5. The summed E-state index contributed by atoms with van der Waals surface area (Å²) in [5.74, 6) is 0.0626. The van der Waals surface area contributed by atoms with Crippen LogP contribution in [0.1, 0.15) is 17.0 Å². The lowest BCUT2D eigenvalue weighted by molar-refractivity contribution is -0.121. The van der Waals surface area contributed by atoms with Crippen LogP contribution in [-0.4, -0.2) is 30.1 Å². The number of carbonyl (C=O) groups excluding carboxylic acids is 3. The van der Waals surface area contributed by atoms with Gasteiger partial charge in [0.25, 0.3) is 5.91 Å². The fraction of sp³-hybridized carbons (Fsp3) is 0.136. The van der Waals surface area contributed by atoms with Gasteiger partial charge in [-0.25, -0.2) is 4.90 Å². The molecule has 1 aliphatic rings. The minimum Gasteiger partial charge on any atom is -0.497 e. The Kier molecular flexibility index (Phi) is 5.58. The summed E-state index contributed by atoms with van der Waals surface area (Å²) in [7, 11) is 1.56. The molecule has 8 heteroatoms. The van der Waals surface area contributed by atoms with Gasteiger partial charge in [0.1, 0.15) is 5.75 Å². The second-order valence-corrected chi connectivity index (χ2v) is 7.81. The molecule has 2 aromatic carbocycles. The van der Waals surface area contributed by atoms with Crippen molar-refractivity contribution in [2.24, 2.45) is 0 Å². The quantitative estimate of drug-likeness (QED) is 0.605. The zero-order chi connectivity index (χ0) is 21.1. The summed E-state index contributed by atoms with van der Waals surface area (Å²) in [4.78, 5) is 39.3. The topological polar surface area (TPSA) is 88.8 Å². The number of ether oxygens (including phenoxy) is 1. The Morgan fingerprint density at radius 3 is 2.47 bits per heavy atom. The van der Waals surface area contributed by atoms with E-state index in [0.717, 1.165) is 4.90 Å². The smallest absolute Gasteiger partial charge is 0.291 e. The standard InChI is InChI=1S/C22H18N2O5S/c1-28-16-8-6-15(7-9-16)24-20(25)13-19(22(24)27)30-17-10-4-14(5-11-17)23-21(26)18-3-2-12-29-18/h2-12,19H,13H2,1H3,(H,23,26). The third kappa shape index (κ3) is 4.08. The van der Waals surface area contributed by atoms with Crippen LogP contribution in [0.15, 0.2) is 76.2 Å². The summed E-state index contributed by atoms with van der Waals surface area (Å²) in [6.45, 7) is 0. The number of thioether (sulfide) groups is 1. The number of amides is 3. The number of carbonyl (C=O) groups is 3. The maximum absolute atomic E-state index is 12.8. The molecule has 1 aliphatic heterocycles. The van der Waals surface area contributed by atoms with Crippen LogP contribution < -0.4 is 15.0 Å². The third-order valence-corrected chi connectivity index (χ3v) is 5.77. The van der Waals surface area contributed by atoms with Gasteiger partial charge in [-0.2, -0.15) is 0 Å². The Balaban J connectivity index is 1.41. The average molecular weight is 422 g/mol. The molecule has 1 N–H and O–H groups in total. The van der Waals surface area contributed by atoms with E-state index in [4.69, 9.17) is 9.15 Å². The van der Waals surface area contributed by atoms with Gasteiger partial charge in [0, 0.05) is 17.0 Å². The first-order valence-corrected chi connectivity index (χ1v) is 10.1. The molecule has 7 nitrogen and oxygen atoms in total. The molecule has 3 aromatic rings. The van der Waals surface area contributed by atoms with Gasteiger partial charge in [-0.3, -0.25) is 14.4 Å². The van der Waals surface area contributed by atoms with Crippen LogP contribution in [0.25, 0.3) is 0 Å². The number of nitrogens with zero attached hydrogens (tertiary/aromatic N) is 1. The molecular formula is C22H18N2O5S. The number of anilines is 2. The molecule has 2 heterocycles. The minimum atomic E-state index is -0.497. The summed E-state index contributed by atoms with van der Waals surface area (Å²) in [5, 5.41) is 2.24. The zero-order valence-electron chi connectivity index (χ0n) is 16.0. The molecular weight excluding hydrogens is 404 g/mol. The van der Waals surface area contributed by atoms with Crippen LogP contribution in [0.2, 0.25) is 0 Å². The van der Waals surface area contributed by atoms with E-state index < -0.39 is 5.25 Å². The lowest BCUT2D eigenvalue weighted by atomic mass is 10.3. The summed E-state index contributed by atoms with van der Waals surface area (Å²) >= 11 is 1.33. The molecule has 3 amide bonds. The Morgan fingerprint density at radius 1 is 1.10 bits per heavy atom. The molecule has 1 fully saturated rings. The predicted octanol–water partition coefficient (Wildman–Crippen LogP) is 3.96. The van der Waals surface area contributed by atoms with E-state index in [-0.39, 0.29) is 29.9 Å². The van der Waals surface area contributed by atoms with Crippen molar-refractivity contribution >= 4 is 40.9 Å². The number of hydrogen-bond donors (Lipinski definition) is 1. The highest BCUT2D eigenvalue weighted by Crippen LogP contribution is 2.34. The maximum atomic E-state index is 12.8. The summed E-state index contributed by atoms with van der Waals surface area (Å²) in [5.41, 5.74) is 1.14. The van der Waals surface area contributed by atoms with Crippen molar-refractivity contribution in [3.63, 3.8) is 0 Å². The van der Waals surface area contributed by atoms with E-state index in [1.54, 1.807) is 67.8 Å². The van der Waals surface area contributed by atoms with Crippen molar-refractivity contribution in [2.75, 3.05) is 17.3 Å². The van der Waals surface area contributed by atoms with Gasteiger partial charge in [0.15, 0.2) is 5.76 Å². The van der Waals surface area contributed by atoms with Gasteiger partial charge in [-0.1, -0.05) is 0 Å². The molecule has 0 aliphatic carbocycles. The normalized spacial score (nSPS) is 16.0. The molecule has 0 spiro atoms. The first kappa shape index (κ1) is 19.8. The Hall–Kier alpha value is -3.52. The molecule has 4 rings (SSSR count). The summed E-state index contributed by atoms with van der Waals surface area (Å²) in [6, 6.07) is 17.1. The number of nitrogens with one attached hydrogen (secondary N) is 1. The second-order valence-electron chi connectivity index (χ2n) is 6.53. The van der Waals surface area contributed by atoms with Crippen LogP contribution in [0.4, 0.5) is 11.4 Å². The SMILES string of the molecule is COc1ccc(N2C(=O)CC(Sc3ccc(NC(=O)c4ccco4)cc3)C2=O)cc1. The van der Waals surface area contributed by atoms with Gasteiger partial charge < -0.3 is 14.5 Å². The highest BCUT2D eigenvalue weighted by Gasteiger charge is 2.40. The highest BCUT2D eigenvalue weighted by atomic mass is 32.2. The minimum absolute atomic E-state index is 0.131. The zero-order valence-corrected chi connectivity index (χ0v) is 16.8. The van der Waals surface area contributed by atoms with Gasteiger partial charge in [0.05, 0.1) is 24.3 Å². The van der Waals surface area contributed by atoms with E-state index in [1.807, 2.05) is 0 Å². The van der Waals surface area contributed by atoms with Crippen LogP contribution in [0.3, 0.4) is 0 Å². The third-order valence-electron chi connectivity index (χ3n) is 4.57. The number of furan rings is 1. The molecule has 1 saturated heterocycles. The molecule has 1 atom stereocenters. The van der Waals surface area contributed by atoms with E-state index in [9.17, 15) is 14.4 Å². The molecule has 30 heavy (non-hydrogen) atoms. The number of imide groups is 1. The number of hydrogen-bond acceptors (Lipinski definition) is 6. The Labute approximate surface area is 177 Å². The van der Waals surface area contributed by atoms with Crippen molar-refractivity contribution in [2.45, 2.75) is 16.6 Å². The van der Waals surface area contributed by atoms with Crippen molar-refractivity contribution < 1.29 is 23.5 Å². The molecule has 1 aromatic heterocycles. The van der Waals surface area contributed by atoms with Crippen LogP contribution >= 0.6 is 11.8 Å². The van der Waals surface area contributed by atoms with Gasteiger partial charge >= 0.3 is 0 Å². The van der Waals surface area contributed by atoms with E-state index in [0.29, 0.717) is 17.1 Å². The predicted molar refractivity (Wildman–Crippen MR) is 113 cm³/mol. The number of rotatable bonds is 6. The van der Waals surface area contributed by atoms with Crippen LogP contribution in [0, 0.1) is 0 Å². The summed E-state index contributed by atoms with van der Waals surface area (Å²) < 4.78 is 10.2. The number of benzene rings is 2. The van der Waals surface area contributed by atoms with Gasteiger partial charge in [-0.05, 0) is 60.7 Å². The van der Waals surface area contributed by atoms with Crippen LogP contribution in [0.5, 0.6) is 5.75 Å². The van der Waals surface area contributed by atoms with Crippen molar-refractivity contribution in [3.05, 3.63) is 72.7 Å². The monoisotopic (exact) mass is 422 g/mol. The molecule has 0 radical (unpaired) electrons. The largest absolute Gasteiger partial charge is 0.497 e. The first-order valence-electron chi connectivity index (χ1n) is 9.17. The molecule has 152 valence electrons. The highest BCUT2D eigenvalue weighted by molar-refractivity contribution is 8.00. The second kappa shape index (κ2) is 8.46. The maximum Gasteiger partial charge on any atom is 0.291 e. The van der Waals surface area contributed by atoms with Crippen molar-refractivity contribution in [3.8, 4) is 5.75 Å². The van der Waals surface area contributed by atoms with Crippen molar-refractivity contribution in [1.29, 1.82) is 0 Å². The lowest BCUT2D eigenvalue weighted by Gasteiger charge is -2.15. The van der Waals surface area contributed by atoms with Crippen molar-refractivity contribution in [1.82, 2.24) is 0 Å². The average Bonchev–Trinajstić information content (AvgIpc) is 3.38. The molecule has 1 unspecified atom stereocenters. The van der Waals surface area contributed by atoms with Gasteiger partial charge in [0.2, 0.25) is 11.8 Å². The van der Waals surface area contributed by atoms with E-state index in [1.165, 1.54) is 22.9 Å². The lowest BCUT2D eigenvalue weighted by Crippen LogP contribution is -2.31. The van der Waals surface area contributed by atoms with E-state index in [2.05, 4.69) is 5.32 Å². The summed E-state index contributed by atoms with van der Waals surface area (Å²) in [6.07, 6.45) is 1.57. The Bertz CT molecular complexity index is 1060. The van der Waals surface area contributed by atoms with E-state index >= 15 is 0 Å². The Morgan fingerprint density at radius 2 is 1.83 bits per heavy atom. The van der Waals surface area contributed by atoms with Gasteiger partial charge in [-0.15, -0.1) is 11.8 Å².